The van der Waals surface area contributed by atoms with Gasteiger partial charge in [-0.3, -0.25) is 4.79 Å². The van der Waals surface area contributed by atoms with Gasteiger partial charge in [-0.25, -0.2) is 0 Å². The maximum absolute atomic E-state index is 12.1. The number of nitrogens with zero attached hydrogens (tertiary/aromatic N) is 1. The summed E-state index contributed by atoms with van der Waals surface area (Å²) in [6.45, 7) is 6.54. The van der Waals surface area contributed by atoms with Gasteiger partial charge in [0.1, 0.15) is 5.75 Å². The van der Waals surface area contributed by atoms with E-state index in [1.54, 1.807) is 0 Å². The lowest BCUT2D eigenvalue weighted by molar-refractivity contribution is -0.131. The summed E-state index contributed by atoms with van der Waals surface area (Å²) in [5.74, 6) is 3.30. The second-order valence-corrected chi connectivity index (χ2v) is 14.0. The van der Waals surface area contributed by atoms with E-state index in [4.69, 9.17) is 0 Å². The molecule has 2 fully saturated rings. The molecule has 2 N–H and O–H groups in total. The van der Waals surface area contributed by atoms with Crippen molar-refractivity contribution < 1.29 is 15.0 Å². The second kappa shape index (κ2) is 13.9. The third-order valence-corrected chi connectivity index (χ3v) is 11.2. The number of aryl methyl sites for hydroxylation is 1. The number of benzene rings is 1. The van der Waals surface area contributed by atoms with Gasteiger partial charge in [-0.1, -0.05) is 70.8 Å². The third kappa shape index (κ3) is 7.21. The first-order valence-electron chi connectivity index (χ1n) is 16.5. The number of fused-ring (bicyclic) bond motifs is 5. The van der Waals surface area contributed by atoms with E-state index in [1.807, 2.05) is 24.1 Å². The molecule has 0 aliphatic heterocycles. The lowest BCUT2D eigenvalue weighted by atomic mass is 9.51. The molecule has 3 aliphatic rings. The normalized spacial score (nSPS) is 29.6. The van der Waals surface area contributed by atoms with Crippen molar-refractivity contribution in [1.82, 2.24) is 4.90 Å². The number of hydrogen-bond donors (Lipinski definition) is 2. The molecule has 0 spiro atoms. The smallest absolute Gasteiger partial charge is 0.222 e. The van der Waals surface area contributed by atoms with E-state index >= 15 is 0 Å². The van der Waals surface area contributed by atoms with E-state index in [9.17, 15) is 15.0 Å². The largest absolute Gasteiger partial charge is 0.508 e. The highest BCUT2D eigenvalue weighted by Crippen LogP contribution is 2.63. The molecule has 2 saturated carbocycles. The van der Waals surface area contributed by atoms with Crippen LogP contribution in [0.25, 0.3) is 0 Å². The predicted octanol–water partition coefficient (Wildman–Crippen LogP) is 8.38. The summed E-state index contributed by atoms with van der Waals surface area (Å²) in [6.07, 6.45) is 20.2. The minimum Gasteiger partial charge on any atom is -0.508 e. The van der Waals surface area contributed by atoms with Gasteiger partial charge >= 0.3 is 0 Å². The first-order chi connectivity index (χ1) is 18.7. The van der Waals surface area contributed by atoms with Crippen molar-refractivity contribution >= 4 is 5.91 Å². The molecule has 0 heterocycles. The van der Waals surface area contributed by atoms with E-state index < -0.39 is 0 Å². The highest BCUT2D eigenvalue weighted by molar-refractivity contribution is 5.76. The maximum Gasteiger partial charge on any atom is 0.222 e. The molecule has 0 radical (unpaired) electrons. The zero-order valence-electron chi connectivity index (χ0n) is 25.5. The molecule has 3 aliphatic carbocycles. The van der Waals surface area contributed by atoms with Crippen LogP contribution in [-0.2, 0) is 11.2 Å². The molecule has 0 aromatic heterocycles. The molecule has 0 saturated heterocycles. The first-order valence-corrected chi connectivity index (χ1v) is 16.5. The standard InChI is InChI=1S/C35H57NO3/c1-25(2)36(4)33(39)16-14-12-10-8-6-5-7-9-11-13-15-27-24-35(3)31(21-22-32(35)38)30-19-17-26-23-28(37)18-20-29(26)34(27)30/h18,20,23,25,27,30-32,34,37-38H,5-17,19,21-22,24H2,1-4H3/t27-,30-,31-,32-,34+,35-/m0/s1. The number of carbonyl (C=O) groups excluding carboxylic acids is 1. The SMILES string of the molecule is CC(C)N(C)C(=O)CCCCCCCCCCCC[C@H]1C[C@]2(C)[C@@H](O)CC[C@H]2[C@@H]2CCc3cc(O)ccc3[C@@H]12. The average Bonchev–Trinajstić information content (AvgIpc) is 3.21. The predicted molar refractivity (Wildman–Crippen MR) is 161 cm³/mol. The Bertz CT molecular complexity index is 928. The lowest BCUT2D eigenvalue weighted by Crippen LogP contribution is -2.47. The van der Waals surface area contributed by atoms with Gasteiger partial charge in [0, 0.05) is 19.5 Å². The van der Waals surface area contributed by atoms with E-state index in [-0.39, 0.29) is 17.4 Å². The fourth-order valence-corrected chi connectivity index (χ4v) is 8.69. The monoisotopic (exact) mass is 539 g/mol. The van der Waals surface area contributed by atoms with Crippen molar-refractivity contribution in [2.45, 2.75) is 148 Å². The van der Waals surface area contributed by atoms with Crippen LogP contribution >= 0.6 is 0 Å². The summed E-state index contributed by atoms with van der Waals surface area (Å²) in [5, 5.41) is 21.1. The molecule has 1 aromatic carbocycles. The van der Waals surface area contributed by atoms with Crippen molar-refractivity contribution in [1.29, 1.82) is 0 Å². The van der Waals surface area contributed by atoms with E-state index in [0.717, 1.165) is 19.3 Å². The van der Waals surface area contributed by atoms with E-state index in [1.165, 1.54) is 94.6 Å². The first kappa shape index (κ1) is 30.4. The Morgan fingerprint density at radius 3 is 2.28 bits per heavy atom. The molecular formula is C35H57NO3. The molecule has 1 amide bonds. The Kier molecular flexibility index (Phi) is 10.8. The molecule has 4 rings (SSSR count). The van der Waals surface area contributed by atoms with Crippen LogP contribution < -0.4 is 0 Å². The van der Waals surface area contributed by atoms with Crippen molar-refractivity contribution in [3.05, 3.63) is 29.3 Å². The number of amides is 1. The van der Waals surface area contributed by atoms with Crippen molar-refractivity contribution in [2.24, 2.45) is 23.2 Å². The van der Waals surface area contributed by atoms with Gasteiger partial charge in [-0.15, -0.1) is 0 Å². The Labute approximate surface area is 239 Å². The Balaban J connectivity index is 1.16. The van der Waals surface area contributed by atoms with Crippen molar-refractivity contribution in [2.75, 3.05) is 7.05 Å². The zero-order valence-corrected chi connectivity index (χ0v) is 25.5. The summed E-state index contributed by atoms with van der Waals surface area (Å²) in [4.78, 5) is 13.9. The number of rotatable bonds is 14. The van der Waals surface area contributed by atoms with Crippen LogP contribution in [0.15, 0.2) is 18.2 Å². The van der Waals surface area contributed by atoms with Crippen LogP contribution in [0.5, 0.6) is 5.75 Å². The van der Waals surface area contributed by atoms with Crippen LogP contribution in [-0.4, -0.2) is 40.2 Å². The summed E-state index contributed by atoms with van der Waals surface area (Å²) in [7, 11) is 1.91. The second-order valence-electron chi connectivity index (χ2n) is 14.0. The number of carbonyl (C=O) groups is 1. The van der Waals surface area contributed by atoms with Crippen molar-refractivity contribution in [3.8, 4) is 5.75 Å². The quantitative estimate of drug-likeness (QED) is 0.233. The Morgan fingerprint density at radius 2 is 1.62 bits per heavy atom. The van der Waals surface area contributed by atoms with Gasteiger partial charge in [0.15, 0.2) is 0 Å². The van der Waals surface area contributed by atoms with Crippen LogP contribution in [0.4, 0.5) is 0 Å². The molecular weight excluding hydrogens is 482 g/mol. The number of hydrogen-bond acceptors (Lipinski definition) is 3. The van der Waals surface area contributed by atoms with Gasteiger partial charge < -0.3 is 15.1 Å². The van der Waals surface area contributed by atoms with E-state index in [2.05, 4.69) is 26.8 Å². The van der Waals surface area contributed by atoms with Gasteiger partial charge in [0.2, 0.25) is 5.91 Å². The molecule has 4 heteroatoms. The maximum atomic E-state index is 12.1. The number of aliphatic hydroxyl groups is 1. The highest BCUT2D eigenvalue weighted by atomic mass is 16.3. The minimum absolute atomic E-state index is 0.0951. The molecule has 4 nitrogen and oxygen atoms in total. The van der Waals surface area contributed by atoms with Crippen LogP contribution in [0.3, 0.4) is 0 Å². The number of unbranched alkanes of at least 4 members (excludes halogenated alkanes) is 9. The molecule has 1 aromatic rings. The summed E-state index contributed by atoms with van der Waals surface area (Å²) >= 11 is 0. The zero-order chi connectivity index (χ0) is 28.0. The van der Waals surface area contributed by atoms with Gasteiger partial charge in [-0.05, 0) is 111 Å². The molecule has 0 bridgehead atoms. The topological polar surface area (TPSA) is 60.8 Å². The van der Waals surface area contributed by atoms with Gasteiger partial charge in [0.25, 0.3) is 0 Å². The van der Waals surface area contributed by atoms with Crippen LogP contribution in [0, 0.1) is 23.2 Å². The van der Waals surface area contributed by atoms with Crippen molar-refractivity contribution in [3.63, 3.8) is 0 Å². The lowest BCUT2D eigenvalue weighted by Gasteiger charge is -2.54. The molecule has 0 unspecified atom stereocenters. The third-order valence-electron chi connectivity index (χ3n) is 11.2. The summed E-state index contributed by atoms with van der Waals surface area (Å²) in [5.41, 5.74) is 2.98. The van der Waals surface area contributed by atoms with Crippen LogP contribution in [0.1, 0.15) is 141 Å². The number of phenols is 1. The Morgan fingerprint density at radius 1 is 0.974 bits per heavy atom. The molecule has 6 atom stereocenters. The minimum atomic E-state index is -0.131. The number of aromatic hydroxyl groups is 1. The van der Waals surface area contributed by atoms with E-state index in [0.29, 0.717) is 41.9 Å². The van der Waals surface area contributed by atoms with Crippen LogP contribution in [0.2, 0.25) is 0 Å². The van der Waals surface area contributed by atoms with Gasteiger partial charge in [-0.2, -0.15) is 0 Å². The Hall–Kier alpha value is -1.55. The fourth-order valence-electron chi connectivity index (χ4n) is 8.69. The number of phenolic OH excluding ortho intramolecular Hbond substituents is 1. The summed E-state index contributed by atoms with van der Waals surface area (Å²) in [6, 6.07) is 6.45. The summed E-state index contributed by atoms with van der Waals surface area (Å²) < 4.78 is 0. The number of aliphatic hydroxyl groups excluding tert-OH is 1. The highest BCUT2D eigenvalue weighted by Gasteiger charge is 2.57. The molecule has 39 heavy (non-hydrogen) atoms. The fraction of sp³-hybridized carbons (Fsp3) is 0.800. The average molecular weight is 540 g/mol. The van der Waals surface area contributed by atoms with Gasteiger partial charge in [0.05, 0.1) is 6.10 Å². The molecule has 220 valence electrons.